The molecule has 0 spiro atoms. The van der Waals surface area contributed by atoms with Gasteiger partial charge in [-0.3, -0.25) is 4.79 Å². The quantitative estimate of drug-likeness (QED) is 0.786. The van der Waals surface area contributed by atoms with E-state index in [-0.39, 0.29) is 5.78 Å². The first-order valence-corrected chi connectivity index (χ1v) is 6.82. The van der Waals surface area contributed by atoms with E-state index in [1.807, 2.05) is 25.1 Å². The van der Waals surface area contributed by atoms with Crippen LogP contribution in [0.2, 0.25) is 0 Å². The van der Waals surface area contributed by atoms with E-state index >= 15 is 0 Å². The number of rotatable bonds is 5. The highest BCUT2D eigenvalue weighted by atomic mass is 32.1. The molecule has 1 heterocycles. The van der Waals surface area contributed by atoms with E-state index in [9.17, 15) is 4.79 Å². The van der Waals surface area contributed by atoms with E-state index in [1.54, 1.807) is 12.5 Å². The number of para-hydroxylation sites is 1. The second-order valence-electron chi connectivity index (χ2n) is 3.86. The van der Waals surface area contributed by atoms with Gasteiger partial charge in [0.2, 0.25) is 0 Å². The van der Waals surface area contributed by atoms with Gasteiger partial charge in [0.1, 0.15) is 10.7 Å². The van der Waals surface area contributed by atoms with E-state index in [2.05, 4.69) is 4.98 Å². The number of carbonyl (C=O) groups is 1. The number of nitrogens with zero attached hydrogens (tertiary/aromatic N) is 1. The van der Waals surface area contributed by atoms with Crippen LogP contribution in [0.3, 0.4) is 0 Å². The number of carbonyl (C=O) groups excluding carboxylic acids is 1. The topological polar surface area (TPSA) is 48.4 Å². The monoisotopic (exact) mass is 277 g/mol. The SMILES string of the molecule is CCOc1c(OC)cccc1-c1nc(C(C)=O)cs1. The minimum absolute atomic E-state index is 0.0386. The van der Waals surface area contributed by atoms with E-state index in [1.165, 1.54) is 18.3 Å². The first-order valence-electron chi connectivity index (χ1n) is 5.94. The molecule has 100 valence electrons. The molecule has 0 saturated heterocycles. The number of aromatic nitrogens is 1. The molecule has 0 saturated carbocycles. The molecular formula is C14H15NO3S. The Morgan fingerprint density at radius 3 is 2.79 bits per heavy atom. The zero-order valence-electron chi connectivity index (χ0n) is 11.1. The maximum Gasteiger partial charge on any atom is 0.178 e. The van der Waals surface area contributed by atoms with Crippen LogP contribution in [-0.4, -0.2) is 24.5 Å². The second-order valence-corrected chi connectivity index (χ2v) is 4.72. The molecule has 2 aromatic rings. The van der Waals surface area contributed by atoms with Crippen molar-refractivity contribution in [2.45, 2.75) is 13.8 Å². The van der Waals surface area contributed by atoms with Crippen molar-refractivity contribution < 1.29 is 14.3 Å². The molecule has 1 aromatic carbocycles. The van der Waals surface area contributed by atoms with Crippen LogP contribution in [-0.2, 0) is 0 Å². The summed E-state index contributed by atoms with van der Waals surface area (Å²) in [5, 5.41) is 2.51. The first kappa shape index (κ1) is 13.5. The Hall–Kier alpha value is -1.88. The van der Waals surface area contributed by atoms with Crippen molar-refractivity contribution in [2.24, 2.45) is 0 Å². The van der Waals surface area contributed by atoms with Crippen molar-refractivity contribution in [3.8, 4) is 22.1 Å². The average Bonchev–Trinajstić information content (AvgIpc) is 2.89. The van der Waals surface area contributed by atoms with Crippen molar-refractivity contribution in [3.63, 3.8) is 0 Å². The lowest BCUT2D eigenvalue weighted by molar-refractivity contribution is 0.101. The lowest BCUT2D eigenvalue weighted by Crippen LogP contribution is -1.98. The predicted octanol–water partition coefficient (Wildman–Crippen LogP) is 3.42. The smallest absolute Gasteiger partial charge is 0.178 e. The predicted molar refractivity (Wildman–Crippen MR) is 75.3 cm³/mol. The number of hydrogen-bond donors (Lipinski definition) is 0. The summed E-state index contributed by atoms with van der Waals surface area (Å²) in [6, 6.07) is 5.63. The third-order valence-corrected chi connectivity index (χ3v) is 3.46. The molecule has 0 aliphatic heterocycles. The maximum atomic E-state index is 11.3. The van der Waals surface area contributed by atoms with Gasteiger partial charge in [-0.05, 0) is 19.1 Å². The summed E-state index contributed by atoms with van der Waals surface area (Å²) < 4.78 is 10.9. The minimum atomic E-state index is -0.0386. The van der Waals surface area contributed by atoms with Gasteiger partial charge in [0.05, 0.1) is 19.3 Å². The van der Waals surface area contributed by atoms with Crippen molar-refractivity contribution in [3.05, 3.63) is 29.3 Å². The van der Waals surface area contributed by atoms with Crippen LogP contribution >= 0.6 is 11.3 Å². The van der Waals surface area contributed by atoms with E-state index < -0.39 is 0 Å². The van der Waals surface area contributed by atoms with Gasteiger partial charge in [0, 0.05) is 12.3 Å². The summed E-state index contributed by atoms with van der Waals surface area (Å²) in [5.41, 5.74) is 1.32. The van der Waals surface area contributed by atoms with Crippen LogP contribution < -0.4 is 9.47 Å². The molecule has 0 aliphatic carbocycles. The molecule has 0 unspecified atom stereocenters. The lowest BCUT2D eigenvalue weighted by atomic mass is 10.2. The molecule has 0 radical (unpaired) electrons. The number of Topliss-reactive ketones (excluding diaryl/α,β-unsaturated/α-hetero) is 1. The maximum absolute atomic E-state index is 11.3. The second kappa shape index (κ2) is 5.84. The molecule has 0 atom stereocenters. The Morgan fingerprint density at radius 2 is 2.21 bits per heavy atom. The van der Waals surface area contributed by atoms with Crippen molar-refractivity contribution in [2.75, 3.05) is 13.7 Å². The first-order chi connectivity index (χ1) is 9.17. The van der Waals surface area contributed by atoms with Crippen LogP contribution in [0.1, 0.15) is 24.3 Å². The van der Waals surface area contributed by atoms with Crippen molar-refractivity contribution in [1.82, 2.24) is 4.98 Å². The Labute approximate surface area is 116 Å². The Bertz CT molecular complexity index is 592. The summed E-state index contributed by atoms with van der Waals surface area (Å²) >= 11 is 1.42. The highest BCUT2D eigenvalue weighted by Crippen LogP contribution is 2.39. The molecule has 0 amide bonds. The third-order valence-electron chi connectivity index (χ3n) is 2.58. The average molecular weight is 277 g/mol. The fourth-order valence-electron chi connectivity index (χ4n) is 1.70. The Morgan fingerprint density at radius 1 is 1.42 bits per heavy atom. The van der Waals surface area contributed by atoms with Crippen LogP contribution in [0.4, 0.5) is 0 Å². The lowest BCUT2D eigenvalue weighted by Gasteiger charge is -2.12. The molecular weight excluding hydrogens is 262 g/mol. The summed E-state index contributed by atoms with van der Waals surface area (Å²) in [4.78, 5) is 15.6. The van der Waals surface area contributed by atoms with Crippen LogP contribution in [0.25, 0.3) is 10.6 Å². The molecule has 0 bridgehead atoms. The number of hydrogen-bond acceptors (Lipinski definition) is 5. The summed E-state index contributed by atoms with van der Waals surface area (Å²) in [6.45, 7) is 3.96. The van der Waals surface area contributed by atoms with E-state index in [4.69, 9.17) is 9.47 Å². The fraction of sp³-hybridized carbons (Fsp3) is 0.286. The highest BCUT2D eigenvalue weighted by molar-refractivity contribution is 7.13. The molecule has 5 heteroatoms. The van der Waals surface area contributed by atoms with E-state index in [0.717, 1.165) is 10.6 Å². The third kappa shape index (κ3) is 2.76. The van der Waals surface area contributed by atoms with Crippen LogP contribution in [0, 0.1) is 0 Å². The van der Waals surface area contributed by atoms with Gasteiger partial charge in [-0.2, -0.15) is 0 Å². The molecule has 2 rings (SSSR count). The summed E-state index contributed by atoms with van der Waals surface area (Å²) in [7, 11) is 1.60. The number of ketones is 1. The van der Waals surface area contributed by atoms with Gasteiger partial charge < -0.3 is 9.47 Å². The standard InChI is InChI=1S/C14H15NO3S/c1-4-18-13-10(6-5-7-12(13)17-3)14-15-11(8-19-14)9(2)16/h5-8H,4H2,1-3H3. The van der Waals surface area contributed by atoms with Gasteiger partial charge in [-0.1, -0.05) is 6.07 Å². The van der Waals surface area contributed by atoms with Gasteiger partial charge in [-0.25, -0.2) is 4.98 Å². The molecule has 0 N–H and O–H groups in total. The fourth-order valence-corrected chi connectivity index (χ4v) is 2.58. The zero-order valence-corrected chi connectivity index (χ0v) is 11.9. The number of thiazole rings is 1. The molecule has 1 aromatic heterocycles. The van der Waals surface area contributed by atoms with Gasteiger partial charge >= 0.3 is 0 Å². The Kier molecular flexibility index (Phi) is 4.16. The van der Waals surface area contributed by atoms with Crippen LogP contribution in [0.15, 0.2) is 23.6 Å². The zero-order chi connectivity index (χ0) is 13.8. The molecule has 19 heavy (non-hydrogen) atoms. The van der Waals surface area contributed by atoms with Crippen LogP contribution in [0.5, 0.6) is 11.5 Å². The van der Waals surface area contributed by atoms with Gasteiger partial charge in [0.15, 0.2) is 17.3 Å². The van der Waals surface area contributed by atoms with Gasteiger partial charge in [0.25, 0.3) is 0 Å². The van der Waals surface area contributed by atoms with Gasteiger partial charge in [-0.15, -0.1) is 11.3 Å². The molecule has 0 fully saturated rings. The normalized spacial score (nSPS) is 10.3. The highest BCUT2D eigenvalue weighted by Gasteiger charge is 2.15. The molecule has 4 nitrogen and oxygen atoms in total. The summed E-state index contributed by atoms with van der Waals surface area (Å²) in [6.07, 6.45) is 0. The van der Waals surface area contributed by atoms with E-state index in [0.29, 0.717) is 23.8 Å². The molecule has 0 aliphatic rings. The number of benzene rings is 1. The number of ether oxygens (including phenoxy) is 2. The van der Waals surface area contributed by atoms with Crippen molar-refractivity contribution >= 4 is 17.1 Å². The number of methoxy groups -OCH3 is 1. The largest absolute Gasteiger partial charge is 0.493 e. The minimum Gasteiger partial charge on any atom is -0.493 e. The van der Waals surface area contributed by atoms with Crippen molar-refractivity contribution in [1.29, 1.82) is 0 Å². The Balaban J connectivity index is 2.50. The summed E-state index contributed by atoms with van der Waals surface area (Å²) in [5.74, 6) is 1.29.